The molecule has 0 aliphatic rings. The van der Waals surface area contributed by atoms with Gasteiger partial charge >= 0.3 is 0 Å². The van der Waals surface area contributed by atoms with Crippen molar-refractivity contribution in [3.05, 3.63) is 42.0 Å². The van der Waals surface area contributed by atoms with E-state index in [2.05, 4.69) is 9.97 Å². The minimum Gasteiger partial charge on any atom is -0.493 e. The zero-order valence-electron chi connectivity index (χ0n) is 12.2. The zero-order valence-corrected chi connectivity index (χ0v) is 12.2. The average molecular weight is 289 g/mol. The van der Waals surface area contributed by atoms with Gasteiger partial charge in [0.25, 0.3) is 0 Å². The molecule has 112 valence electrons. The van der Waals surface area contributed by atoms with Crippen molar-refractivity contribution in [3.63, 3.8) is 0 Å². The average Bonchev–Trinajstić information content (AvgIpc) is 2.54. The van der Waals surface area contributed by atoms with Gasteiger partial charge in [-0.25, -0.2) is 9.97 Å². The minimum atomic E-state index is 0.240. The molecule has 6 nitrogen and oxygen atoms in total. The number of nitrogens with zero attached hydrogens (tertiary/aromatic N) is 2. The van der Waals surface area contributed by atoms with Crippen LogP contribution in [0.1, 0.15) is 11.4 Å². The minimum absolute atomic E-state index is 0.240. The van der Waals surface area contributed by atoms with Gasteiger partial charge in [-0.05, 0) is 36.7 Å². The van der Waals surface area contributed by atoms with Gasteiger partial charge in [0, 0.05) is 12.4 Å². The summed E-state index contributed by atoms with van der Waals surface area (Å²) in [6.45, 7) is 0.800. The lowest BCUT2D eigenvalue weighted by Crippen LogP contribution is -2.06. The molecule has 2 N–H and O–H groups in total. The van der Waals surface area contributed by atoms with Gasteiger partial charge in [0.15, 0.2) is 17.3 Å². The van der Waals surface area contributed by atoms with Gasteiger partial charge in [-0.2, -0.15) is 0 Å². The number of benzene rings is 1. The second-order valence-electron chi connectivity index (χ2n) is 4.32. The van der Waals surface area contributed by atoms with E-state index in [0.29, 0.717) is 29.6 Å². The van der Waals surface area contributed by atoms with E-state index in [-0.39, 0.29) is 6.61 Å². The van der Waals surface area contributed by atoms with E-state index < -0.39 is 0 Å². The van der Waals surface area contributed by atoms with Crippen molar-refractivity contribution in [2.24, 2.45) is 5.73 Å². The summed E-state index contributed by atoms with van der Waals surface area (Å²) in [4.78, 5) is 8.24. The third-order valence-corrected chi connectivity index (χ3v) is 2.92. The molecule has 0 saturated carbocycles. The Balaban J connectivity index is 2.24. The smallest absolute Gasteiger partial charge is 0.204 e. The molecule has 0 spiro atoms. The summed E-state index contributed by atoms with van der Waals surface area (Å²) in [6, 6.07) is 5.55. The molecule has 21 heavy (non-hydrogen) atoms. The van der Waals surface area contributed by atoms with Crippen molar-refractivity contribution in [1.82, 2.24) is 9.97 Å². The van der Waals surface area contributed by atoms with Crippen LogP contribution in [0.3, 0.4) is 0 Å². The normalized spacial score (nSPS) is 10.2. The quantitative estimate of drug-likeness (QED) is 0.833. The van der Waals surface area contributed by atoms with Crippen molar-refractivity contribution < 1.29 is 14.2 Å². The molecule has 0 saturated heterocycles. The summed E-state index contributed by atoms with van der Waals surface area (Å²) in [5.74, 6) is 2.34. The van der Waals surface area contributed by atoms with Gasteiger partial charge in [-0.3, -0.25) is 0 Å². The van der Waals surface area contributed by atoms with E-state index in [0.717, 1.165) is 12.0 Å². The highest BCUT2D eigenvalue weighted by Gasteiger charge is 2.14. The number of nitrogens with two attached hydrogens (primary N) is 1. The van der Waals surface area contributed by atoms with Crippen LogP contribution in [-0.4, -0.2) is 30.7 Å². The summed E-state index contributed by atoms with van der Waals surface area (Å²) in [7, 11) is 3.18. The van der Waals surface area contributed by atoms with Crippen LogP contribution in [0.4, 0.5) is 0 Å². The van der Waals surface area contributed by atoms with E-state index in [1.807, 2.05) is 12.1 Å². The highest BCUT2D eigenvalue weighted by molar-refractivity contribution is 5.54. The summed E-state index contributed by atoms with van der Waals surface area (Å²) in [6.07, 6.45) is 4.09. The third-order valence-electron chi connectivity index (χ3n) is 2.92. The van der Waals surface area contributed by atoms with Crippen LogP contribution >= 0.6 is 0 Å². The van der Waals surface area contributed by atoms with Crippen molar-refractivity contribution in [2.45, 2.75) is 13.0 Å². The lowest BCUT2D eigenvalue weighted by atomic mass is 10.1. The molecule has 1 aromatic carbocycles. The summed E-state index contributed by atoms with van der Waals surface area (Å²) in [5.41, 5.74) is 6.62. The van der Waals surface area contributed by atoms with Crippen LogP contribution < -0.4 is 19.9 Å². The Morgan fingerprint density at radius 1 is 1.05 bits per heavy atom. The van der Waals surface area contributed by atoms with Gasteiger partial charge in [-0.15, -0.1) is 0 Å². The first-order chi connectivity index (χ1) is 10.3. The molecule has 2 aromatic rings. The molecule has 0 bridgehead atoms. The molecule has 1 aromatic heterocycles. The molecule has 1 heterocycles. The number of hydrogen-bond acceptors (Lipinski definition) is 6. The first-order valence-corrected chi connectivity index (χ1v) is 6.62. The van der Waals surface area contributed by atoms with Crippen molar-refractivity contribution in [2.75, 3.05) is 20.8 Å². The number of aromatic nitrogens is 2. The second kappa shape index (κ2) is 7.44. The largest absolute Gasteiger partial charge is 0.493 e. The lowest BCUT2D eigenvalue weighted by Gasteiger charge is -2.15. The summed E-state index contributed by atoms with van der Waals surface area (Å²) >= 11 is 0. The van der Waals surface area contributed by atoms with Crippen molar-refractivity contribution >= 4 is 0 Å². The summed E-state index contributed by atoms with van der Waals surface area (Å²) in [5, 5.41) is 0. The number of hydrogen-bond donors (Lipinski definition) is 1. The molecule has 0 amide bonds. The van der Waals surface area contributed by atoms with E-state index in [1.165, 1.54) is 0 Å². The Morgan fingerprint density at radius 2 is 1.67 bits per heavy atom. The molecular weight excluding hydrogens is 270 g/mol. The molecule has 0 fully saturated rings. The molecule has 0 radical (unpaired) electrons. The topological polar surface area (TPSA) is 79.5 Å². The van der Waals surface area contributed by atoms with Crippen LogP contribution in [0.15, 0.2) is 30.6 Å². The fourth-order valence-corrected chi connectivity index (χ4v) is 1.93. The molecular formula is C15H19N3O3. The number of methoxy groups -OCH3 is 2. The van der Waals surface area contributed by atoms with Crippen LogP contribution in [-0.2, 0) is 13.0 Å². The van der Waals surface area contributed by atoms with Gasteiger partial charge < -0.3 is 19.9 Å². The second-order valence-corrected chi connectivity index (χ2v) is 4.32. The Kier molecular flexibility index (Phi) is 5.34. The zero-order chi connectivity index (χ0) is 15.1. The van der Waals surface area contributed by atoms with E-state index in [4.69, 9.17) is 19.9 Å². The molecule has 0 unspecified atom stereocenters. The highest BCUT2D eigenvalue weighted by atomic mass is 16.5. The van der Waals surface area contributed by atoms with E-state index in [1.54, 1.807) is 32.7 Å². The Hall–Kier alpha value is -2.34. The standard InChI is InChI=1S/C15H19N3O3/c1-19-12-8-11(4-5-16)9-13(20-2)15(12)21-10-14-17-6-3-7-18-14/h3,6-9H,4-5,10,16H2,1-2H3. The first-order valence-electron chi connectivity index (χ1n) is 6.62. The molecule has 0 aliphatic carbocycles. The van der Waals surface area contributed by atoms with E-state index in [9.17, 15) is 0 Å². The lowest BCUT2D eigenvalue weighted by molar-refractivity contribution is 0.259. The SMILES string of the molecule is COc1cc(CCN)cc(OC)c1OCc1ncccn1. The van der Waals surface area contributed by atoms with Gasteiger partial charge in [0.2, 0.25) is 5.75 Å². The Bertz CT molecular complexity index is 551. The fourth-order valence-electron chi connectivity index (χ4n) is 1.93. The molecule has 6 heteroatoms. The first kappa shape index (κ1) is 15.1. The maximum atomic E-state index is 5.76. The predicted octanol–water partition coefficient (Wildman–Crippen LogP) is 1.57. The van der Waals surface area contributed by atoms with Gasteiger partial charge in [0.05, 0.1) is 14.2 Å². The number of ether oxygens (including phenoxy) is 3. The van der Waals surface area contributed by atoms with Crippen molar-refractivity contribution in [1.29, 1.82) is 0 Å². The molecule has 0 aliphatic heterocycles. The highest BCUT2D eigenvalue weighted by Crippen LogP contribution is 2.39. The third kappa shape index (κ3) is 3.82. The van der Waals surface area contributed by atoms with Gasteiger partial charge in [0.1, 0.15) is 6.61 Å². The fraction of sp³-hybridized carbons (Fsp3) is 0.333. The van der Waals surface area contributed by atoms with Crippen LogP contribution in [0.2, 0.25) is 0 Å². The van der Waals surface area contributed by atoms with E-state index >= 15 is 0 Å². The predicted molar refractivity (Wildman–Crippen MR) is 78.7 cm³/mol. The van der Waals surface area contributed by atoms with Crippen LogP contribution in [0.25, 0.3) is 0 Å². The molecule has 0 atom stereocenters. The monoisotopic (exact) mass is 289 g/mol. The maximum absolute atomic E-state index is 5.76. The maximum Gasteiger partial charge on any atom is 0.204 e. The number of rotatable bonds is 7. The van der Waals surface area contributed by atoms with Crippen molar-refractivity contribution in [3.8, 4) is 17.2 Å². The van der Waals surface area contributed by atoms with Gasteiger partial charge in [-0.1, -0.05) is 0 Å². The summed E-state index contributed by atoms with van der Waals surface area (Å²) < 4.78 is 16.5. The van der Waals surface area contributed by atoms with Crippen LogP contribution in [0, 0.1) is 0 Å². The van der Waals surface area contributed by atoms with Crippen LogP contribution in [0.5, 0.6) is 17.2 Å². The Labute approximate surface area is 123 Å². The Morgan fingerprint density at radius 3 is 2.19 bits per heavy atom. The molecule has 2 rings (SSSR count).